The molecule has 0 N–H and O–H groups in total. The second-order valence-corrected chi connectivity index (χ2v) is 14.7. The van der Waals surface area contributed by atoms with Gasteiger partial charge in [-0.3, -0.25) is 19.6 Å². The van der Waals surface area contributed by atoms with Gasteiger partial charge >= 0.3 is 0 Å². The Morgan fingerprint density at radius 3 is 1.13 bits per heavy atom. The summed E-state index contributed by atoms with van der Waals surface area (Å²) in [4.78, 5) is 36.1. The Kier molecular flexibility index (Phi) is 18.6. The van der Waals surface area contributed by atoms with Crippen LogP contribution in [0.2, 0.25) is 0 Å². The molecule has 9 heteroatoms. The molecule has 4 aromatic rings. The van der Waals surface area contributed by atoms with Crippen LogP contribution in [0.1, 0.15) is 151 Å². The molecule has 0 spiro atoms. The molecule has 0 bridgehead atoms. The highest BCUT2D eigenvalue weighted by atomic mass is 32.1. The number of hydrogen-bond acceptors (Lipinski definition) is 9. The van der Waals surface area contributed by atoms with Crippen LogP contribution in [-0.2, 0) is 0 Å². The average molecular weight is 745 g/mol. The lowest BCUT2D eigenvalue weighted by Gasteiger charge is -2.16. The first-order chi connectivity index (χ1) is 26.1. The monoisotopic (exact) mass is 744 g/mol. The van der Waals surface area contributed by atoms with E-state index in [-0.39, 0.29) is 0 Å². The van der Waals surface area contributed by atoms with Crippen molar-refractivity contribution in [3.8, 4) is 43.9 Å². The molecule has 0 aliphatic rings. The molecule has 0 fully saturated rings. The first-order valence-corrected chi connectivity index (χ1v) is 20.9. The summed E-state index contributed by atoms with van der Waals surface area (Å²) in [6.07, 6.45) is 22.2. The van der Waals surface area contributed by atoms with Crippen LogP contribution < -0.4 is 18.9 Å². The lowest BCUT2D eigenvalue weighted by atomic mass is 10.0. The van der Waals surface area contributed by atoms with E-state index in [0.717, 1.165) is 136 Å². The minimum Gasteiger partial charge on any atom is -0.493 e. The fraction of sp³-hybridized carbons (Fsp3) is 0.545. The average Bonchev–Trinajstić information content (AvgIpc) is 3.57. The van der Waals surface area contributed by atoms with E-state index in [9.17, 15) is 9.59 Å². The first-order valence-electron chi connectivity index (χ1n) is 20.1. The normalized spacial score (nSPS) is 11.2. The van der Waals surface area contributed by atoms with Crippen LogP contribution in [0, 0.1) is 0 Å². The van der Waals surface area contributed by atoms with E-state index in [1.165, 1.54) is 0 Å². The summed E-state index contributed by atoms with van der Waals surface area (Å²) >= 11 is 1.54. The number of unbranched alkanes of at least 4 members (excludes halogenated alkanes) is 12. The predicted octanol–water partition coefficient (Wildman–Crippen LogP) is 12.5. The maximum atomic E-state index is 12.4. The topological polar surface area (TPSA) is 96.8 Å². The van der Waals surface area contributed by atoms with Gasteiger partial charge in [0.05, 0.1) is 47.3 Å². The van der Waals surface area contributed by atoms with Gasteiger partial charge in [0.15, 0.2) is 12.6 Å². The molecule has 8 nitrogen and oxygen atoms in total. The fourth-order valence-electron chi connectivity index (χ4n) is 6.26. The van der Waals surface area contributed by atoms with Crippen molar-refractivity contribution in [2.24, 2.45) is 0 Å². The summed E-state index contributed by atoms with van der Waals surface area (Å²) in [5.41, 5.74) is 3.96. The Morgan fingerprint density at radius 1 is 0.472 bits per heavy atom. The smallest absolute Gasteiger partial charge is 0.153 e. The summed E-state index contributed by atoms with van der Waals surface area (Å²) < 4.78 is 25.4. The third-order valence-electron chi connectivity index (χ3n) is 9.32. The fourth-order valence-corrected chi connectivity index (χ4v) is 7.49. The van der Waals surface area contributed by atoms with Gasteiger partial charge in [-0.25, -0.2) is 0 Å². The molecule has 288 valence electrons. The van der Waals surface area contributed by atoms with E-state index < -0.39 is 0 Å². The predicted molar refractivity (Wildman–Crippen MR) is 218 cm³/mol. The second kappa shape index (κ2) is 23.6. The van der Waals surface area contributed by atoms with Crippen LogP contribution >= 0.6 is 11.3 Å². The van der Waals surface area contributed by atoms with Crippen molar-refractivity contribution in [1.82, 2.24) is 9.97 Å². The van der Waals surface area contributed by atoms with Gasteiger partial charge in [-0.2, -0.15) is 0 Å². The molecule has 2 aromatic heterocycles. The maximum absolute atomic E-state index is 12.4. The van der Waals surface area contributed by atoms with Gasteiger partial charge < -0.3 is 18.9 Å². The second-order valence-electron chi connectivity index (χ2n) is 13.7. The SMILES string of the molecule is CCCCCCOc1cc(-c2sc(-c3cc(OCCCCCC)c(C=O)cc3OCCCCCC)c3nccnc23)c(OCCCCCC)cc1C=O. The van der Waals surface area contributed by atoms with Crippen LogP contribution in [0.3, 0.4) is 0 Å². The zero-order valence-electron chi connectivity index (χ0n) is 32.5. The molecule has 0 unspecified atom stereocenters. The van der Waals surface area contributed by atoms with E-state index in [1.807, 2.05) is 12.1 Å². The highest BCUT2D eigenvalue weighted by molar-refractivity contribution is 7.21. The number of carbonyl (C=O) groups excluding carboxylic acids is 2. The highest BCUT2D eigenvalue weighted by Crippen LogP contribution is 2.49. The molecule has 0 aliphatic heterocycles. The molecular formula is C44H60N2O6S. The standard InChI is InChI=1S/C44H60N2O6S/c1-5-9-13-17-23-49-37-29-35(39(27-33(37)31-47)51-25-19-15-11-7-3)43-41-42(46-22-21-45-41)44(53-43)36-30-38(50-24-18-14-10-6-2)34(32-48)28-40(36)52-26-20-16-12-8-4/h21-22,27-32H,5-20,23-26H2,1-4H3. The molecule has 0 saturated heterocycles. The van der Waals surface area contributed by atoms with Crippen molar-refractivity contribution in [1.29, 1.82) is 0 Å². The Bertz CT molecular complexity index is 1580. The summed E-state index contributed by atoms with van der Waals surface area (Å²) in [5, 5.41) is 0. The van der Waals surface area contributed by atoms with E-state index >= 15 is 0 Å². The van der Waals surface area contributed by atoms with Gasteiger partial charge in [0.25, 0.3) is 0 Å². The lowest BCUT2D eigenvalue weighted by molar-refractivity contribution is 0.111. The van der Waals surface area contributed by atoms with Crippen LogP contribution in [0.15, 0.2) is 36.7 Å². The summed E-state index contributed by atoms with van der Waals surface area (Å²) in [5.74, 6) is 2.29. The molecule has 4 rings (SSSR count). The van der Waals surface area contributed by atoms with Gasteiger partial charge in [-0.1, -0.05) is 105 Å². The van der Waals surface area contributed by atoms with Crippen LogP contribution in [0.25, 0.3) is 31.9 Å². The number of benzene rings is 2. The number of aromatic nitrogens is 2. The first kappa shape index (κ1) is 41.8. The molecule has 0 saturated carbocycles. The molecule has 2 aromatic carbocycles. The lowest BCUT2D eigenvalue weighted by Crippen LogP contribution is -2.04. The Hall–Kier alpha value is -3.98. The van der Waals surface area contributed by atoms with Crippen molar-refractivity contribution in [2.45, 2.75) is 130 Å². The minimum absolute atomic E-state index is 0.462. The number of thiophene rings is 1. The number of carbonyl (C=O) groups is 2. The van der Waals surface area contributed by atoms with Gasteiger partial charge in [-0.05, 0) is 49.9 Å². The molecule has 0 atom stereocenters. The third kappa shape index (κ3) is 12.3. The summed E-state index contributed by atoms with van der Waals surface area (Å²) in [7, 11) is 0. The van der Waals surface area contributed by atoms with Crippen molar-refractivity contribution in [2.75, 3.05) is 26.4 Å². The molecule has 0 aliphatic carbocycles. The number of ether oxygens (including phenoxy) is 4. The van der Waals surface area contributed by atoms with Crippen molar-refractivity contribution < 1.29 is 28.5 Å². The number of rotatable bonds is 28. The van der Waals surface area contributed by atoms with Gasteiger partial charge in [0.1, 0.15) is 34.0 Å². The molecule has 0 radical (unpaired) electrons. The van der Waals surface area contributed by atoms with Crippen molar-refractivity contribution in [3.05, 3.63) is 47.8 Å². The van der Waals surface area contributed by atoms with Crippen LogP contribution in [0.4, 0.5) is 0 Å². The third-order valence-corrected chi connectivity index (χ3v) is 10.6. The number of nitrogens with zero attached hydrogens (tertiary/aromatic N) is 2. The summed E-state index contributed by atoms with van der Waals surface area (Å²) in [6, 6.07) is 7.47. The summed E-state index contributed by atoms with van der Waals surface area (Å²) in [6.45, 7) is 10.9. The zero-order chi connectivity index (χ0) is 37.7. The van der Waals surface area contributed by atoms with Crippen LogP contribution in [0.5, 0.6) is 23.0 Å². The molecule has 2 heterocycles. The molecule has 53 heavy (non-hydrogen) atoms. The Balaban J connectivity index is 1.84. The van der Waals surface area contributed by atoms with E-state index in [0.29, 0.717) is 71.6 Å². The molecule has 0 amide bonds. The van der Waals surface area contributed by atoms with E-state index in [2.05, 4.69) is 27.7 Å². The quantitative estimate of drug-likeness (QED) is 0.0419. The number of aldehydes is 2. The largest absolute Gasteiger partial charge is 0.493 e. The Morgan fingerprint density at radius 2 is 0.811 bits per heavy atom. The zero-order valence-corrected chi connectivity index (χ0v) is 33.3. The van der Waals surface area contributed by atoms with Gasteiger partial charge in [0.2, 0.25) is 0 Å². The van der Waals surface area contributed by atoms with Crippen molar-refractivity contribution in [3.63, 3.8) is 0 Å². The number of hydrogen-bond donors (Lipinski definition) is 0. The van der Waals surface area contributed by atoms with Crippen LogP contribution in [-0.4, -0.2) is 49.0 Å². The number of fused-ring (bicyclic) bond motifs is 1. The Labute approximate surface area is 321 Å². The van der Waals surface area contributed by atoms with Crippen molar-refractivity contribution >= 4 is 34.9 Å². The molecular weight excluding hydrogens is 685 g/mol. The van der Waals surface area contributed by atoms with Gasteiger partial charge in [-0.15, -0.1) is 11.3 Å². The highest BCUT2D eigenvalue weighted by Gasteiger charge is 2.25. The maximum Gasteiger partial charge on any atom is 0.153 e. The van der Waals surface area contributed by atoms with Gasteiger partial charge in [0, 0.05) is 23.5 Å². The minimum atomic E-state index is 0.462. The van der Waals surface area contributed by atoms with E-state index in [1.54, 1.807) is 35.9 Å². The van der Waals surface area contributed by atoms with E-state index in [4.69, 9.17) is 28.9 Å².